The monoisotopic (exact) mass is 321 g/mol. The molecule has 1 amide bonds. The van der Waals surface area contributed by atoms with Crippen LogP contribution in [0.3, 0.4) is 0 Å². The van der Waals surface area contributed by atoms with Gasteiger partial charge in [0.15, 0.2) is 0 Å². The second-order valence-corrected chi connectivity index (χ2v) is 4.85. The number of amides is 1. The topological polar surface area (TPSA) is 64.0 Å². The Hall–Kier alpha value is -1.95. The first-order chi connectivity index (χ1) is 9.11. The first kappa shape index (κ1) is 13.5. The average Bonchev–Trinajstić information content (AvgIpc) is 2.40. The Bertz CT molecular complexity index is 694. The fourth-order valence-corrected chi connectivity index (χ4v) is 2.00. The van der Waals surface area contributed by atoms with E-state index < -0.39 is 0 Å². The molecule has 0 unspecified atom stereocenters. The predicted molar refractivity (Wildman–Crippen MR) is 76.9 cm³/mol. The van der Waals surface area contributed by atoms with E-state index in [1.807, 2.05) is 6.07 Å². The van der Waals surface area contributed by atoms with E-state index >= 15 is 0 Å². The smallest absolute Gasteiger partial charge is 0.261 e. The van der Waals surface area contributed by atoms with E-state index in [9.17, 15) is 9.59 Å². The minimum Gasteiger partial charge on any atom is -0.351 e. The van der Waals surface area contributed by atoms with E-state index in [1.165, 1.54) is 10.9 Å². The van der Waals surface area contributed by atoms with E-state index in [4.69, 9.17) is 0 Å². The molecule has 0 atom stereocenters. The molecule has 0 aliphatic carbocycles. The van der Waals surface area contributed by atoms with Crippen LogP contribution in [0.5, 0.6) is 0 Å². The summed E-state index contributed by atoms with van der Waals surface area (Å²) < 4.78 is 2.08. The van der Waals surface area contributed by atoms with Crippen molar-refractivity contribution in [1.29, 1.82) is 0 Å². The third-order valence-electron chi connectivity index (χ3n) is 2.54. The summed E-state index contributed by atoms with van der Waals surface area (Å²) in [5.41, 5.74) is 0.371. The van der Waals surface area contributed by atoms with Crippen molar-refractivity contribution in [3.05, 3.63) is 52.0 Å². The number of hydrogen-bond donors (Lipinski definition) is 1. The maximum Gasteiger partial charge on any atom is 0.261 e. The number of rotatable bonds is 4. The molecule has 2 rings (SSSR count). The molecule has 2 aromatic rings. The van der Waals surface area contributed by atoms with Crippen LogP contribution >= 0.6 is 15.9 Å². The maximum atomic E-state index is 12.2. The molecule has 0 bridgehead atoms. The second-order valence-electron chi connectivity index (χ2n) is 3.93. The van der Waals surface area contributed by atoms with Gasteiger partial charge >= 0.3 is 0 Å². The molecule has 1 N–H and O–H groups in total. The zero-order valence-corrected chi connectivity index (χ0v) is 11.7. The van der Waals surface area contributed by atoms with Gasteiger partial charge in [-0.3, -0.25) is 14.2 Å². The molecule has 0 radical (unpaired) electrons. The van der Waals surface area contributed by atoms with Gasteiger partial charge in [-0.25, -0.2) is 4.98 Å². The molecule has 0 saturated carbocycles. The number of benzene rings is 1. The van der Waals surface area contributed by atoms with Crippen molar-refractivity contribution in [2.24, 2.45) is 0 Å². The first-order valence-corrected chi connectivity index (χ1v) is 6.43. The van der Waals surface area contributed by atoms with Crippen LogP contribution in [0.4, 0.5) is 0 Å². The van der Waals surface area contributed by atoms with Gasteiger partial charge in [0.25, 0.3) is 5.56 Å². The minimum atomic E-state index is -0.252. The lowest BCUT2D eigenvalue weighted by atomic mass is 10.2. The van der Waals surface area contributed by atoms with Crippen LogP contribution in [-0.4, -0.2) is 22.0 Å². The van der Waals surface area contributed by atoms with Crippen LogP contribution in [0, 0.1) is 0 Å². The molecule has 0 aliphatic heterocycles. The molecule has 6 heteroatoms. The van der Waals surface area contributed by atoms with E-state index in [-0.39, 0.29) is 18.0 Å². The fraction of sp³-hybridized carbons (Fsp3) is 0.154. The zero-order chi connectivity index (χ0) is 13.8. The number of nitrogens with one attached hydrogen (secondary N) is 1. The van der Waals surface area contributed by atoms with Crippen LogP contribution in [-0.2, 0) is 11.3 Å². The number of halogens is 1. The lowest BCUT2D eigenvalue weighted by molar-refractivity contribution is -0.121. The van der Waals surface area contributed by atoms with Crippen molar-refractivity contribution in [2.75, 3.05) is 6.54 Å². The van der Waals surface area contributed by atoms with Gasteiger partial charge in [-0.2, -0.15) is 0 Å². The Morgan fingerprint density at radius 1 is 1.53 bits per heavy atom. The molecule has 0 aliphatic rings. The lowest BCUT2D eigenvalue weighted by Gasteiger charge is -2.06. The summed E-state index contributed by atoms with van der Waals surface area (Å²) in [4.78, 5) is 27.9. The zero-order valence-electron chi connectivity index (χ0n) is 10.1. The fourth-order valence-electron chi connectivity index (χ4n) is 1.64. The second kappa shape index (κ2) is 5.79. The molecule has 19 heavy (non-hydrogen) atoms. The summed E-state index contributed by atoms with van der Waals surface area (Å²) >= 11 is 3.31. The molecule has 1 aromatic carbocycles. The lowest BCUT2D eigenvalue weighted by Crippen LogP contribution is -2.32. The number of carbonyl (C=O) groups is 1. The maximum absolute atomic E-state index is 12.2. The summed E-state index contributed by atoms with van der Waals surface area (Å²) in [5, 5.41) is 3.09. The third-order valence-corrected chi connectivity index (χ3v) is 3.04. The number of hydrogen-bond acceptors (Lipinski definition) is 3. The summed E-state index contributed by atoms with van der Waals surface area (Å²) in [6.45, 7) is 3.83. The van der Waals surface area contributed by atoms with Crippen molar-refractivity contribution < 1.29 is 4.79 Å². The quantitative estimate of drug-likeness (QED) is 0.867. The highest BCUT2D eigenvalue weighted by Crippen LogP contribution is 2.14. The van der Waals surface area contributed by atoms with Crippen molar-refractivity contribution >= 4 is 32.7 Å². The van der Waals surface area contributed by atoms with Gasteiger partial charge in [-0.05, 0) is 18.2 Å². The van der Waals surface area contributed by atoms with Crippen LogP contribution in [0.15, 0.2) is 46.4 Å². The largest absolute Gasteiger partial charge is 0.351 e. The van der Waals surface area contributed by atoms with Crippen LogP contribution in [0.25, 0.3) is 10.9 Å². The van der Waals surface area contributed by atoms with Gasteiger partial charge in [-0.15, -0.1) is 6.58 Å². The Labute approximate surface area is 118 Å². The Balaban J connectivity index is 2.34. The number of carbonyl (C=O) groups excluding carboxylic acids is 1. The molecule has 5 nitrogen and oxygen atoms in total. The van der Waals surface area contributed by atoms with Crippen LogP contribution in [0.2, 0.25) is 0 Å². The van der Waals surface area contributed by atoms with Crippen LogP contribution < -0.4 is 10.9 Å². The molecule has 98 valence electrons. The van der Waals surface area contributed by atoms with Gasteiger partial charge in [0, 0.05) is 11.0 Å². The Morgan fingerprint density at radius 2 is 2.32 bits per heavy atom. The highest BCUT2D eigenvalue weighted by atomic mass is 79.9. The van der Waals surface area contributed by atoms with Crippen molar-refractivity contribution in [3.63, 3.8) is 0 Å². The molecule has 0 saturated heterocycles. The summed E-state index contributed by atoms with van der Waals surface area (Å²) in [6.07, 6.45) is 2.96. The van der Waals surface area contributed by atoms with Crippen molar-refractivity contribution in [1.82, 2.24) is 14.9 Å². The predicted octanol–water partition coefficient (Wildman–Crippen LogP) is 1.46. The number of fused-ring (bicyclic) bond motifs is 1. The first-order valence-electron chi connectivity index (χ1n) is 5.64. The average molecular weight is 322 g/mol. The number of aromatic nitrogens is 2. The molecule has 1 heterocycles. The summed E-state index contributed by atoms with van der Waals surface area (Å²) in [5.74, 6) is -0.252. The minimum absolute atomic E-state index is 0.0534. The van der Waals surface area contributed by atoms with E-state index in [0.717, 1.165) is 4.47 Å². The van der Waals surface area contributed by atoms with E-state index in [1.54, 1.807) is 18.2 Å². The Kier molecular flexibility index (Phi) is 4.11. The summed E-state index contributed by atoms with van der Waals surface area (Å²) in [7, 11) is 0. The molecule has 0 spiro atoms. The molecular formula is C13H12BrN3O2. The SMILES string of the molecule is C=CCNC(=O)Cn1cnc2ccc(Br)cc2c1=O. The van der Waals surface area contributed by atoms with Crippen molar-refractivity contribution in [2.45, 2.75) is 6.54 Å². The highest BCUT2D eigenvalue weighted by molar-refractivity contribution is 9.10. The third kappa shape index (κ3) is 3.08. The van der Waals surface area contributed by atoms with Gasteiger partial charge in [-0.1, -0.05) is 22.0 Å². The standard InChI is InChI=1S/C13H12BrN3O2/c1-2-5-15-12(18)7-17-8-16-11-4-3-9(14)6-10(11)13(17)19/h2-4,6,8H,1,5,7H2,(H,15,18). The van der Waals surface area contributed by atoms with Gasteiger partial charge < -0.3 is 5.32 Å². The van der Waals surface area contributed by atoms with E-state index in [0.29, 0.717) is 17.4 Å². The van der Waals surface area contributed by atoms with Crippen LogP contribution in [0.1, 0.15) is 0 Å². The van der Waals surface area contributed by atoms with E-state index in [2.05, 4.69) is 32.8 Å². The molecular weight excluding hydrogens is 310 g/mol. The highest BCUT2D eigenvalue weighted by Gasteiger charge is 2.07. The molecule has 1 aromatic heterocycles. The summed E-state index contributed by atoms with van der Waals surface area (Å²) in [6, 6.07) is 5.27. The number of nitrogens with zero attached hydrogens (tertiary/aromatic N) is 2. The van der Waals surface area contributed by atoms with Gasteiger partial charge in [0.1, 0.15) is 6.54 Å². The normalized spacial score (nSPS) is 10.4. The van der Waals surface area contributed by atoms with Gasteiger partial charge in [0.05, 0.1) is 17.2 Å². The molecule has 0 fully saturated rings. The van der Waals surface area contributed by atoms with Gasteiger partial charge in [0.2, 0.25) is 5.91 Å². The van der Waals surface area contributed by atoms with Crippen molar-refractivity contribution in [3.8, 4) is 0 Å². The Morgan fingerprint density at radius 3 is 3.05 bits per heavy atom.